The van der Waals surface area contributed by atoms with Crippen LogP contribution >= 0.6 is 11.8 Å². The predicted molar refractivity (Wildman–Crippen MR) is 94.7 cm³/mol. The zero-order valence-corrected chi connectivity index (χ0v) is 14.7. The maximum Gasteiger partial charge on any atom is 0.329 e. The third-order valence-electron chi connectivity index (χ3n) is 4.08. The highest BCUT2D eigenvalue weighted by atomic mass is 32.2. The number of amides is 2. The van der Waals surface area contributed by atoms with E-state index in [0.717, 1.165) is 38.7 Å². The highest BCUT2D eigenvalue weighted by Gasteiger charge is 2.41. The maximum atomic E-state index is 12.6. The Hall–Kier alpha value is -2.54. The number of methoxy groups -OCH3 is 2. The molecule has 6 nitrogen and oxygen atoms in total. The van der Waals surface area contributed by atoms with Gasteiger partial charge in [0.2, 0.25) is 5.91 Å². The van der Waals surface area contributed by atoms with Crippen LogP contribution < -0.4 is 4.74 Å². The molecule has 0 spiro atoms. The molecule has 0 bridgehead atoms. The first-order valence-electron chi connectivity index (χ1n) is 7.67. The lowest BCUT2D eigenvalue weighted by Gasteiger charge is -2.20. The molecule has 0 N–H and O–H groups in total. The van der Waals surface area contributed by atoms with Crippen LogP contribution in [0.4, 0.5) is 4.79 Å². The van der Waals surface area contributed by atoms with Crippen molar-refractivity contribution in [3.63, 3.8) is 0 Å². The van der Waals surface area contributed by atoms with E-state index in [4.69, 9.17) is 4.74 Å². The average Bonchev–Trinajstić information content (AvgIpc) is 3.02. The van der Waals surface area contributed by atoms with Crippen molar-refractivity contribution < 1.29 is 23.9 Å². The number of thioether (sulfide) groups is 1. The molecule has 1 aliphatic heterocycles. The molecule has 0 aliphatic carbocycles. The summed E-state index contributed by atoms with van der Waals surface area (Å²) < 4.78 is 9.88. The van der Waals surface area contributed by atoms with Gasteiger partial charge < -0.3 is 9.47 Å². The number of benzene rings is 2. The molecule has 7 heteroatoms. The van der Waals surface area contributed by atoms with Crippen LogP contribution in [0.1, 0.15) is 5.56 Å². The molecule has 2 amide bonds. The van der Waals surface area contributed by atoms with Crippen LogP contribution in [0.15, 0.2) is 36.4 Å². The number of hydrogen-bond acceptors (Lipinski definition) is 6. The SMILES string of the molecule is COC(=O)C1CSC(=O)N1C(=O)Cc1ccc2cc(OC)ccc2c1. The second-order valence-electron chi connectivity index (χ2n) is 5.60. The number of fused-ring (bicyclic) bond motifs is 1. The van der Waals surface area contributed by atoms with Crippen LogP contribution in [0.2, 0.25) is 0 Å². The number of rotatable bonds is 4. The van der Waals surface area contributed by atoms with E-state index in [1.807, 2.05) is 36.4 Å². The molecule has 1 saturated heterocycles. The van der Waals surface area contributed by atoms with Gasteiger partial charge in [-0.3, -0.25) is 14.5 Å². The highest BCUT2D eigenvalue weighted by molar-refractivity contribution is 8.14. The minimum Gasteiger partial charge on any atom is -0.497 e. The van der Waals surface area contributed by atoms with Crippen LogP contribution in [0.25, 0.3) is 10.8 Å². The summed E-state index contributed by atoms with van der Waals surface area (Å²) in [5.74, 6) is 0.0156. The van der Waals surface area contributed by atoms with Gasteiger partial charge >= 0.3 is 5.97 Å². The Kier molecular flexibility index (Phi) is 4.94. The first-order valence-corrected chi connectivity index (χ1v) is 8.65. The summed E-state index contributed by atoms with van der Waals surface area (Å²) in [7, 11) is 2.85. The third kappa shape index (κ3) is 3.46. The van der Waals surface area contributed by atoms with Crippen LogP contribution in [0.5, 0.6) is 5.75 Å². The molecule has 1 atom stereocenters. The van der Waals surface area contributed by atoms with E-state index in [9.17, 15) is 14.4 Å². The Bertz CT molecular complexity index is 850. The lowest BCUT2D eigenvalue weighted by Crippen LogP contribution is -2.44. The van der Waals surface area contributed by atoms with Crippen molar-refractivity contribution in [3.05, 3.63) is 42.0 Å². The maximum absolute atomic E-state index is 12.6. The van der Waals surface area contributed by atoms with Gasteiger partial charge in [-0.25, -0.2) is 4.79 Å². The molecule has 130 valence electrons. The zero-order valence-electron chi connectivity index (χ0n) is 13.9. The van der Waals surface area contributed by atoms with Crippen molar-refractivity contribution in [2.75, 3.05) is 20.0 Å². The number of carbonyl (C=O) groups is 3. The quantitative estimate of drug-likeness (QED) is 0.782. The Morgan fingerprint density at radius 1 is 1.16 bits per heavy atom. The normalized spacial score (nSPS) is 17.0. The van der Waals surface area contributed by atoms with Crippen molar-refractivity contribution in [2.45, 2.75) is 12.5 Å². The Balaban J connectivity index is 1.81. The molecule has 1 aliphatic rings. The van der Waals surface area contributed by atoms with Gasteiger partial charge in [-0.15, -0.1) is 0 Å². The number of hydrogen-bond donors (Lipinski definition) is 0. The van der Waals surface area contributed by atoms with Gasteiger partial charge in [-0.05, 0) is 28.5 Å². The summed E-state index contributed by atoms with van der Waals surface area (Å²) >= 11 is 0.954. The van der Waals surface area contributed by atoms with Crippen LogP contribution in [0.3, 0.4) is 0 Å². The summed E-state index contributed by atoms with van der Waals surface area (Å²) in [6.07, 6.45) is 0.0434. The predicted octanol–water partition coefficient (Wildman–Crippen LogP) is 2.63. The molecule has 1 unspecified atom stereocenters. The molecule has 3 rings (SSSR count). The molecule has 0 aromatic heterocycles. The van der Waals surface area contributed by atoms with Crippen LogP contribution in [0, 0.1) is 0 Å². The molecule has 0 radical (unpaired) electrons. The van der Waals surface area contributed by atoms with Gasteiger partial charge in [-0.1, -0.05) is 36.0 Å². The van der Waals surface area contributed by atoms with Gasteiger partial charge in [-0.2, -0.15) is 0 Å². The smallest absolute Gasteiger partial charge is 0.329 e. The average molecular weight is 359 g/mol. The summed E-state index contributed by atoms with van der Waals surface area (Å²) in [6, 6.07) is 10.5. The fourth-order valence-corrected chi connectivity index (χ4v) is 3.73. The minimum absolute atomic E-state index is 0.0434. The lowest BCUT2D eigenvalue weighted by atomic mass is 10.0. The fraction of sp³-hybridized carbons (Fsp3) is 0.278. The number of imide groups is 1. The monoisotopic (exact) mass is 359 g/mol. The van der Waals surface area contributed by atoms with Crippen molar-refractivity contribution in [1.29, 1.82) is 0 Å². The van der Waals surface area contributed by atoms with E-state index in [1.165, 1.54) is 7.11 Å². The lowest BCUT2D eigenvalue weighted by molar-refractivity contribution is -0.148. The number of carbonyl (C=O) groups excluding carboxylic acids is 3. The van der Waals surface area contributed by atoms with E-state index >= 15 is 0 Å². The third-order valence-corrected chi connectivity index (χ3v) is 5.01. The van der Waals surface area contributed by atoms with E-state index in [1.54, 1.807) is 7.11 Å². The molecule has 0 saturated carbocycles. The van der Waals surface area contributed by atoms with E-state index in [2.05, 4.69) is 4.74 Å². The van der Waals surface area contributed by atoms with Crippen LogP contribution in [-0.4, -0.2) is 48.0 Å². The van der Waals surface area contributed by atoms with Gasteiger partial charge in [0.05, 0.1) is 20.6 Å². The minimum atomic E-state index is -0.847. The van der Waals surface area contributed by atoms with E-state index in [-0.39, 0.29) is 12.2 Å². The van der Waals surface area contributed by atoms with Gasteiger partial charge in [0.15, 0.2) is 0 Å². The van der Waals surface area contributed by atoms with Crippen molar-refractivity contribution in [2.24, 2.45) is 0 Å². The Morgan fingerprint density at radius 3 is 2.60 bits per heavy atom. The number of ether oxygens (including phenoxy) is 2. The second-order valence-corrected chi connectivity index (χ2v) is 6.58. The molecule has 25 heavy (non-hydrogen) atoms. The molecule has 2 aromatic carbocycles. The molecular formula is C18H17NO5S. The van der Waals surface area contributed by atoms with Gasteiger partial charge in [0.25, 0.3) is 5.24 Å². The van der Waals surface area contributed by atoms with Crippen molar-refractivity contribution in [1.82, 2.24) is 4.90 Å². The highest BCUT2D eigenvalue weighted by Crippen LogP contribution is 2.27. The van der Waals surface area contributed by atoms with Crippen molar-refractivity contribution in [3.8, 4) is 5.75 Å². The van der Waals surface area contributed by atoms with Gasteiger partial charge in [0.1, 0.15) is 11.8 Å². The first kappa shape index (κ1) is 17.3. The van der Waals surface area contributed by atoms with Crippen molar-refractivity contribution >= 4 is 39.7 Å². The largest absolute Gasteiger partial charge is 0.497 e. The van der Waals surface area contributed by atoms with Gasteiger partial charge in [0, 0.05) is 5.75 Å². The van der Waals surface area contributed by atoms with E-state index < -0.39 is 23.2 Å². The standard InChI is InChI=1S/C18H17NO5S/c1-23-14-6-5-12-7-11(3-4-13(12)9-14)8-16(20)19-15(17(21)24-2)10-25-18(19)22/h3-7,9,15H,8,10H2,1-2H3. The number of nitrogens with zero attached hydrogens (tertiary/aromatic N) is 1. The molecule has 2 aromatic rings. The summed E-state index contributed by atoms with van der Waals surface area (Å²) in [4.78, 5) is 37.3. The Labute approximate surface area is 149 Å². The zero-order chi connectivity index (χ0) is 18.0. The summed E-state index contributed by atoms with van der Waals surface area (Å²) in [6.45, 7) is 0. The molecule has 1 heterocycles. The Morgan fingerprint density at radius 2 is 1.88 bits per heavy atom. The molecular weight excluding hydrogens is 342 g/mol. The topological polar surface area (TPSA) is 72.9 Å². The number of esters is 1. The molecule has 1 fully saturated rings. The fourth-order valence-electron chi connectivity index (χ4n) is 2.78. The van der Waals surface area contributed by atoms with E-state index in [0.29, 0.717) is 0 Å². The second kappa shape index (κ2) is 7.14. The first-order chi connectivity index (χ1) is 12.0. The summed E-state index contributed by atoms with van der Waals surface area (Å²) in [5, 5.41) is 1.56. The summed E-state index contributed by atoms with van der Waals surface area (Å²) in [5.41, 5.74) is 0.774. The van der Waals surface area contributed by atoms with Crippen LogP contribution in [-0.2, 0) is 20.7 Å².